The van der Waals surface area contributed by atoms with E-state index in [-0.39, 0.29) is 17.8 Å². The Hall–Kier alpha value is -1.14. The lowest BCUT2D eigenvalue weighted by Gasteiger charge is -2.32. The van der Waals surface area contributed by atoms with Crippen LogP contribution in [0.5, 0.6) is 5.75 Å². The predicted molar refractivity (Wildman–Crippen MR) is 72.4 cm³/mol. The Kier molecular flexibility index (Phi) is 4.76. The molecule has 6 heteroatoms. The van der Waals surface area contributed by atoms with E-state index in [0.29, 0.717) is 30.6 Å². The molecule has 1 aromatic carbocycles. The molecule has 4 nitrogen and oxygen atoms in total. The number of carbonyl (C=O) groups excluding carboxylic acids is 1. The summed E-state index contributed by atoms with van der Waals surface area (Å²) in [5, 5.41) is 0.684. The number of amides is 1. The fourth-order valence-electron chi connectivity index (χ4n) is 1.97. The lowest BCUT2D eigenvalue weighted by atomic mass is 10.1. The van der Waals surface area contributed by atoms with Gasteiger partial charge in [0.1, 0.15) is 0 Å². The Morgan fingerprint density at radius 2 is 2.42 bits per heavy atom. The van der Waals surface area contributed by atoms with Gasteiger partial charge in [-0.3, -0.25) is 4.79 Å². The van der Waals surface area contributed by atoms with Gasteiger partial charge in [0.05, 0.1) is 19.8 Å². The Labute approximate surface area is 119 Å². The average molecular weight is 332 g/mol. The zero-order valence-corrected chi connectivity index (χ0v) is 12.2. The van der Waals surface area contributed by atoms with Gasteiger partial charge in [-0.05, 0) is 18.2 Å². The highest BCUT2D eigenvalue weighted by Crippen LogP contribution is 2.20. The first-order chi connectivity index (χ1) is 9.15. The second-order valence-corrected chi connectivity index (χ2v) is 4.90. The topological polar surface area (TPSA) is 38.8 Å². The highest BCUT2D eigenvalue weighted by atomic mass is 79.9. The van der Waals surface area contributed by atoms with Gasteiger partial charge in [-0.1, -0.05) is 15.9 Å². The summed E-state index contributed by atoms with van der Waals surface area (Å²) in [5.74, 6) is -0.525. The second-order valence-electron chi connectivity index (χ2n) is 4.25. The minimum Gasteiger partial charge on any atom is -0.494 e. The van der Waals surface area contributed by atoms with Crippen molar-refractivity contribution in [3.63, 3.8) is 0 Å². The highest BCUT2D eigenvalue weighted by molar-refractivity contribution is 9.09. The van der Waals surface area contributed by atoms with Gasteiger partial charge in [-0.2, -0.15) is 0 Å². The molecule has 1 aliphatic heterocycles. The van der Waals surface area contributed by atoms with E-state index in [9.17, 15) is 9.18 Å². The van der Waals surface area contributed by atoms with Crippen LogP contribution in [-0.4, -0.2) is 49.0 Å². The van der Waals surface area contributed by atoms with Crippen molar-refractivity contribution >= 4 is 21.8 Å². The summed E-state index contributed by atoms with van der Waals surface area (Å²) >= 11 is 3.34. The van der Waals surface area contributed by atoms with Crippen LogP contribution in [0.4, 0.5) is 4.39 Å². The number of morpholine rings is 1. The Bertz CT molecular complexity index is 469. The number of halogens is 2. The smallest absolute Gasteiger partial charge is 0.254 e. The maximum Gasteiger partial charge on any atom is 0.254 e. The van der Waals surface area contributed by atoms with E-state index in [1.165, 1.54) is 25.3 Å². The molecule has 1 heterocycles. The molecule has 0 saturated carbocycles. The maximum absolute atomic E-state index is 13.3. The molecule has 1 saturated heterocycles. The average Bonchev–Trinajstić information content (AvgIpc) is 2.47. The zero-order chi connectivity index (χ0) is 13.8. The molecule has 0 spiro atoms. The summed E-state index contributed by atoms with van der Waals surface area (Å²) in [4.78, 5) is 14.0. The standard InChI is InChI=1S/C13H15BrFNO3/c1-18-12-6-9(2-3-11(12)15)13(17)16-4-5-19-10(7-14)8-16/h2-3,6,10H,4-5,7-8H2,1H3. The Morgan fingerprint density at radius 3 is 3.11 bits per heavy atom. The van der Waals surface area contributed by atoms with Crippen molar-refractivity contribution in [3.05, 3.63) is 29.6 Å². The summed E-state index contributed by atoms with van der Waals surface area (Å²) in [7, 11) is 1.38. The summed E-state index contributed by atoms with van der Waals surface area (Å²) in [6.45, 7) is 1.59. The van der Waals surface area contributed by atoms with Crippen molar-refractivity contribution in [2.24, 2.45) is 0 Å². The third-order valence-electron chi connectivity index (χ3n) is 3.00. The number of hydrogen-bond acceptors (Lipinski definition) is 3. The van der Waals surface area contributed by atoms with Crippen LogP contribution in [0.3, 0.4) is 0 Å². The summed E-state index contributed by atoms with van der Waals surface area (Å²) in [6, 6.07) is 4.14. The molecule has 1 aliphatic rings. The van der Waals surface area contributed by atoms with Crippen molar-refractivity contribution in [1.29, 1.82) is 0 Å². The number of ether oxygens (including phenoxy) is 2. The molecule has 1 amide bonds. The predicted octanol–water partition coefficient (Wildman–Crippen LogP) is 2.07. The van der Waals surface area contributed by atoms with Gasteiger partial charge in [0.2, 0.25) is 0 Å². The monoisotopic (exact) mass is 331 g/mol. The highest BCUT2D eigenvalue weighted by Gasteiger charge is 2.24. The number of carbonyl (C=O) groups is 1. The quantitative estimate of drug-likeness (QED) is 0.796. The van der Waals surface area contributed by atoms with E-state index in [1.807, 2.05) is 0 Å². The van der Waals surface area contributed by atoms with Gasteiger partial charge in [0.15, 0.2) is 11.6 Å². The van der Waals surface area contributed by atoms with Crippen molar-refractivity contribution in [2.75, 3.05) is 32.1 Å². The van der Waals surface area contributed by atoms with Gasteiger partial charge in [0, 0.05) is 24.0 Å². The zero-order valence-electron chi connectivity index (χ0n) is 10.6. The summed E-state index contributed by atoms with van der Waals surface area (Å²) in [6.07, 6.45) is 0.0000407. The van der Waals surface area contributed by atoms with E-state index < -0.39 is 5.82 Å². The maximum atomic E-state index is 13.3. The molecule has 0 radical (unpaired) electrons. The van der Waals surface area contributed by atoms with Gasteiger partial charge < -0.3 is 14.4 Å². The van der Waals surface area contributed by atoms with Gasteiger partial charge in [0.25, 0.3) is 5.91 Å². The molecule has 0 N–H and O–H groups in total. The van der Waals surface area contributed by atoms with Crippen molar-refractivity contribution in [2.45, 2.75) is 6.10 Å². The molecule has 1 fully saturated rings. The van der Waals surface area contributed by atoms with Crippen LogP contribution in [0.2, 0.25) is 0 Å². The van der Waals surface area contributed by atoms with Crippen LogP contribution in [0.1, 0.15) is 10.4 Å². The molecule has 1 unspecified atom stereocenters. The van der Waals surface area contributed by atoms with Crippen LogP contribution < -0.4 is 4.74 Å². The molecule has 1 aromatic rings. The minimum absolute atomic E-state index is 0.0000407. The van der Waals surface area contributed by atoms with E-state index >= 15 is 0 Å². The van der Waals surface area contributed by atoms with E-state index in [1.54, 1.807) is 4.90 Å². The van der Waals surface area contributed by atoms with Crippen molar-refractivity contribution in [3.8, 4) is 5.75 Å². The second kappa shape index (κ2) is 6.34. The largest absolute Gasteiger partial charge is 0.494 e. The lowest BCUT2D eigenvalue weighted by molar-refractivity contribution is -0.00966. The molecule has 2 rings (SSSR count). The number of hydrogen-bond donors (Lipinski definition) is 0. The van der Waals surface area contributed by atoms with Gasteiger partial charge >= 0.3 is 0 Å². The van der Waals surface area contributed by atoms with E-state index in [0.717, 1.165) is 0 Å². The number of benzene rings is 1. The number of methoxy groups -OCH3 is 1. The molecule has 0 aliphatic carbocycles. The van der Waals surface area contributed by atoms with Crippen LogP contribution in [0.25, 0.3) is 0 Å². The third kappa shape index (κ3) is 3.25. The van der Waals surface area contributed by atoms with Crippen LogP contribution in [0.15, 0.2) is 18.2 Å². The molecule has 19 heavy (non-hydrogen) atoms. The first-order valence-corrected chi connectivity index (χ1v) is 7.08. The van der Waals surface area contributed by atoms with E-state index in [2.05, 4.69) is 15.9 Å². The fraction of sp³-hybridized carbons (Fsp3) is 0.462. The van der Waals surface area contributed by atoms with Gasteiger partial charge in [-0.15, -0.1) is 0 Å². The Morgan fingerprint density at radius 1 is 1.63 bits per heavy atom. The SMILES string of the molecule is COc1cc(C(=O)N2CCOC(CBr)C2)ccc1F. The lowest BCUT2D eigenvalue weighted by Crippen LogP contribution is -2.46. The summed E-state index contributed by atoms with van der Waals surface area (Å²) in [5.41, 5.74) is 0.425. The normalized spacial score (nSPS) is 19.3. The molecular formula is C13H15BrFNO3. The molecule has 1 atom stereocenters. The fourth-order valence-corrected chi connectivity index (χ4v) is 2.36. The first kappa shape index (κ1) is 14.3. The van der Waals surface area contributed by atoms with Crippen LogP contribution in [-0.2, 0) is 4.74 Å². The van der Waals surface area contributed by atoms with Gasteiger partial charge in [-0.25, -0.2) is 4.39 Å². The first-order valence-electron chi connectivity index (χ1n) is 5.96. The Balaban J connectivity index is 2.14. The molecular weight excluding hydrogens is 317 g/mol. The third-order valence-corrected chi connectivity index (χ3v) is 3.72. The van der Waals surface area contributed by atoms with E-state index in [4.69, 9.17) is 9.47 Å². The molecule has 0 bridgehead atoms. The minimum atomic E-state index is -0.473. The van der Waals surface area contributed by atoms with Crippen molar-refractivity contribution in [1.82, 2.24) is 4.90 Å². The molecule has 0 aromatic heterocycles. The molecule has 104 valence electrons. The summed E-state index contributed by atoms with van der Waals surface area (Å²) < 4.78 is 23.7. The number of nitrogens with zero attached hydrogens (tertiary/aromatic N) is 1. The van der Waals surface area contributed by atoms with Crippen molar-refractivity contribution < 1.29 is 18.7 Å². The number of alkyl halides is 1. The van der Waals surface area contributed by atoms with Crippen LogP contribution >= 0.6 is 15.9 Å². The number of rotatable bonds is 3. The van der Waals surface area contributed by atoms with Crippen LogP contribution in [0, 0.1) is 5.82 Å².